The Morgan fingerprint density at radius 2 is 2.05 bits per heavy atom. The molecule has 0 aromatic carbocycles. The molecule has 0 unspecified atom stereocenters. The number of hydrogen-bond donors (Lipinski definition) is 1. The van der Waals surface area contributed by atoms with Crippen molar-refractivity contribution in [2.24, 2.45) is 0 Å². The van der Waals surface area contributed by atoms with Crippen LogP contribution in [-0.4, -0.2) is 14.6 Å². The Morgan fingerprint density at radius 1 is 1.10 bits per heavy atom. The molecule has 21 heavy (non-hydrogen) atoms. The van der Waals surface area contributed by atoms with Crippen LogP contribution >= 0.6 is 0 Å². The third kappa shape index (κ3) is 1.39. The molecular formula is C17H13N4+. The number of aromatic amines is 1. The third-order valence-electron chi connectivity index (χ3n) is 4.14. The predicted molar refractivity (Wildman–Crippen MR) is 81.2 cm³/mol. The molecule has 100 valence electrons. The Morgan fingerprint density at radius 3 is 3.05 bits per heavy atom. The molecule has 2 aliphatic rings. The highest BCUT2D eigenvalue weighted by Gasteiger charge is 2.18. The van der Waals surface area contributed by atoms with Gasteiger partial charge in [0, 0.05) is 17.5 Å². The fraction of sp³-hybridized carbons (Fsp3) is 0.0588. The van der Waals surface area contributed by atoms with Crippen LogP contribution in [0.2, 0.25) is 0 Å². The molecule has 0 atom stereocenters. The average molecular weight is 273 g/mol. The summed E-state index contributed by atoms with van der Waals surface area (Å²) in [5.74, 6) is 0. The molecule has 5 heterocycles. The van der Waals surface area contributed by atoms with Gasteiger partial charge in [-0.1, -0.05) is 30.3 Å². The van der Waals surface area contributed by atoms with Crippen molar-refractivity contribution in [2.45, 2.75) is 6.42 Å². The number of nitrogens with zero attached hydrogens (tertiary/aromatic N) is 3. The van der Waals surface area contributed by atoms with Crippen molar-refractivity contribution in [3.63, 3.8) is 0 Å². The monoisotopic (exact) mass is 273 g/mol. The predicted octanol–water partition coefficient (Wildman–Crippen LogP) is 1.73. The van der Waals surface area contributed by atoms with Crippen molar-refractivity contribution >= 4 is 28.0 Å². The minimum atomic E-state index is 0.955. The fourth-order valence-electron chi connectivity index (χ4n) is 3.19. The minimum Gasteiger partial charge on any atom is -0.294 e. The van der Waals surface area contributed by atoms with Crippen LogP contribution < -0.4 is 9.75 Å². The van der Waals surface area contributed by atoms with E-state index in [9.17, 15) is 0 Å². The minimum absolute atomic E-state index is 0.955. The second-order valence-corrected chi connectivity index (χ2v) is 5.32. The normalized spacial score (nSPS) is 13.0. The lowest BCUT2D eigenvalue weighted by molar-refractivity contribution is -0.483. The van der Waals surface area contributed by atoms with Crippen LogP contribution in [0.15, 0.2) is 55.0 Å². The molecular weight excluding hydrogens is 260 g/mol. The lowest BCUT2D eigenvalue weighted by atomic mass is 10.0. The van der Waals surface area contributed by atoms with Crippen molar-refractivity contribution in [1.82, 2.24) is 14.6 Å². The highest BCUT2D eigenvalue weighted by atomic mass is 15.2. The number of aromatic nitrogens is 4. The van der Waals surface area contributed by atoms with Gasteiger partial charge in [0.15, 0.2) is 0 Å². The Hall–Kier alpha value is -2.88. The maximum atomic E-state index is 4.68. The zero-order valence-corrected chi connectivity index (χ0v) is 11.3. The fourth-order valence-corrected chi connectivity index (χ4v) is 3.19. The van der Waals surface area contributed by atoms with Gasteiger partial charge in [-0.2, -0.15) is 4.40 Å². The van der Waals surface area contributed by atoms with Crippen LogP contribution in [0.5, 0.6) is 0 Å². The van der Waals surface area contributed by atoms with Crippen LogP contribution in [-0.2, 0) is 6.42 Å². The van der Waals surface area contributed by atoms with Gasteiger partial charge in [0.05, 0.1) is 11.5 Å². The van der Waals surface area contributed by atoms with E-state index in [2.05, 4.69) is 57.1 Å². The average Bonchev–Trinajstić information content (AvgIpc) is 2.73. The number of rotatable bonds is 0. The highest BCUT2D eigenvalue weighted by molar-refractivity contribution is 5.95. The second kappa shape index (κ2) is 3.82. The van der Waals surface area contributed by atoms with E-state index < -0.39 is 0 Å². The molecule has 4 nitrogen and oxygen atoms in total. The van der Waals surface area contributed by atoms with Crippen LogP contribution in [0.25, 0.3) is 28.0 Å². The molecule has 1 aliphatic carbocycles. The molecule has 4 heteroatoms. The first-order valence-corrected chi connectivity index (χ1v) is 7.06. The maximum Gasteiger partial charge on any atom is 0.340 e. The lowest BCUT2D eigenvalue weighted by Gasteiger charge is -2.13. The molecule has 1 N–H and O–H groups in total. The lowest BCUT2D eigenvalue weighted by Crippen LogP contribution is -2.30. The molecule has 0 amide bonds. The summed E-state index contributed by atoms with van der Waals surface area (Å²) >= 11 is 0. The highest BCUT2D eigenvalue weighted by Crippen LogP contribution is 2.19. The van der Waals surface area contributed by atoms with Crippen molar-refractivity contribution in [1.29, 1.82) is 0 Å². The van der Waals surface area contributed by atoms with Gasteiger partial charge in [-0.25, -0.2) is 4.52 Å². The van der Waals surface area contributed by atoms with Gasteiger partial charge in [-0.3, -0.25) is 5.10 Å². The number of hydrogen-bond acceptors (Lipinski definition) is 1. The Labute approximate surface area is 120 Å². The summed E-state index contributed by atoms with van der Waals surface area (Å²) in [6, 6.07) is 14.6. The molecule has 4 aromatic heterocycles. The van der Waals surface area contributed by atoms with E-state index in [0.717, 1.165) is 17.6 Å². The number of nitrogens with one attached hydrogen (secondary N) is 1. The Bertz CT molecular complexity index is 1120. The van der Waals surface area contributed by atoms with Crippen molar-refractivity contribution < 1.29 is 4.40 Å². The van der Waals surface area contributed by atoms with E-state index in [4.69, 9.17) is 0 Å². The number of H-pyrrole nitrogens is 1. The van der Waals surface area contributed by atoms with Crippen LogP contribution in [0, 0.1) is 0 Å². The summed E-state index contributed by atoms with van der Waals surface area (Å²) in [7, 11) is 0. The van der Waals surface area contributed by atoms with Crippen LogP contribution in [0.1, 0.15) is 5.69 Å². The summed E-state index contributed by atoms with van der Waals surface area (Å²) < 4.78 is 4.15. The summed E-state index contributed by atoms with van der Waals surface area (Å²) in [5, 5.41) is 7.06. The second-order valence-electron chi connectivity index (χ2n) is 5.32. The Balaban J connectivity index is 2.24. The van der Waals surface area contributed by atoms with Gasteiger partial charge in [0.1, 0.15) is 10.9 Å². The van der Waals surface area contributed by atoms with E-state index >= 15 is 0 Å². The molecule has 0 saturated heterocycles. The molecule has 4 aromatic rings. The summed E-state index contributed by atoms with van der Waals surface area (Å²) in [6.45, 7) is 0. The zero-order chi connectivity index (χ0) is 13.8. The van der Waals surface area contributed by atoms with Gasteiger partial charge in [-0.15, -0.1) is 0 Å². The molecule has 0 spiro atoms. The quantitative estimate of drug-likeness (QED) is 0.487. The molecule has 6 rings (SSSR count). The molecule has 1 aliphatic heterocycles. The Kier molecular flexibility index (Phi) is 1.98. The first-order chi connectivity index (χ1) is 10.4. The summed E-state index contributed by atoms with van der Waals surface area (Å²) in [5.41, 5.74) is 3.33. The molecule has 0 saturated carbocycles. The largest absolute Gasteiger partial charge is 0.340 e. The van der Waals surface area contributed by atoms with Gasteiger partial charge < -0.3 is 0 Å². The number of fused-ring (bicyclic) bond motifs is 3. The van der Waals surface area contributed by atoms with Crippen LogP contribution in [0.4, 0.5) is 0 Å². The molecule has 0 radical (unpaired) electrons. The summed E-state index contributed by atoms with van der Waals surface area (Å²) in [4.78, 5) is 4.68. The SMILES string of the molecule is C1=c2c3c4cccc5ccccc[n+]5c3ncn2[nH]c4C1. The van der Waals surface area contributed by atoms with E-state index in [1.165, 1.54) is 21.8 Å². The third-order valence-corrected chi connectivity index (χ3v) is 4.14. The van der Waals surface area contributed by atoms with Crippen LogP contribution in [0.3, 0.4) is 0 Å². The molecule has 4 bridgehead atoms. The topological polar surface area (TPSA) is 37.2 Å². The zero-order valence-electron chi connectivity index (χ0n) is 11.3. The van der Waals surface area contributed by atoms with Gasteiger partial charge >= 0.3 is 5.65 Å². The van der Waals surface area contributed by atoms with E-state index in [1.807, 2.05) is 23.0 Å². The van der Waals surface area contributed by atoms with Crippen molar-refractivity contribution in [3.05, 3.63) is 66.0 Å². The smallest absolute Gasteiger partial charge is 0.294 e. The van der Waals surface area contributed by atoms with Crippen molar-refractivity contribution in [2.75, 3.05) is 0 Å². The summed E-state index contributed by atoms with van der Waals surface area (Å²) in [6.07, 6.45) is 7.14. The first kappa shape index (κ1) is 10.9. The molecule has 0 fully saturated rings. The van der Waals surface area contributed by atoms with Gasteiger partial charge in [0.25, 0.3) is 0 Å². The van der Waals surface area contributed by atoms with Gasteiger partial charge in [0.2, 0.25) is 6.33 Å². The maximum absolute atomic E-state index is 4.68. The van der Waals surface area contributed by atoms with E-state index in [-0.39, 0.29) is 0 Å². The van der Waals surface area contributed by atoms with Gasteiger partial charge in [-0.05, 0) is 23.2 Å². The van der Waals surface area contributed by atoms with Crippen molar-refractivity contribution in [3.8, 4) is 0 Å². The standard InChI is InChI=1S/C17H12N4/c1-2-5-12-6-4-7-13-14-8-9-15-16(13)17(20(12)10-3-1)18-11-21(15)19-14/h1-7,9-11H,8H2/p+1. The van der Waals surface area contributed by atoms with E-state index in [1.54, 1.807) is 0 Å². The van der Waals surface area contributed by atoms with E-state index in [0.29, 0.717) is 0 Å². The first-order valence-electron chi connectivity index (χ1n) is 7.06.